The van der Waals surface area contributed by atoms with Crippen LogP contribution in [-0.2, 0) is 14.4 Å². The van der Waals surface area contributed by atoms with Crippen LogP contribution in [0.3, 0.4) is 0 Å². The van der Waals surface area contributed by atoms with Gasteiger partial charge in [-0.3, -0.25) is 19.3 Å². The van der Waals surface area contributed by atoms with Gasteiger partial charge in [-0.2, -0.15) is 0 Å². The van der Waals surface area contributed by atoms with Gasteiger partial charge in [0.1, 0.15) is 6.54 Å². The number of carbonyl (C=O) groups excluding carboxylic acids is 4. The van der Waals surface area contributed by atoms with Gasteiger partial charge in [-0.1, -0.05) is 29.3 Å². The van der Waals surface area contributed by atoms with Gasteiger partial charge in [-0.15, -0.1) is 0 Å². The minimum absolute atomic E-state index is 0.350. The second kappa shape index (κ2) is 7.41. The molecule has 9 heteroatoms. The van der Waals surface area contributed by atoms with Gasteiger partial charge in [-0.25, -0.2) is 9.69 Å². The zero-order valence-corrected chi connectivity index (χ0v) is 15.4. The van der Waals surface area contributed by atoms with Crippen LogP contribution in [0.2, 0.25) is 10.0 Å². The number of amides is 5. The quantitative estimate of drug-likeness (QED) is 0.622. The molecule has 1 atom stereocenters. The average Bonchev–Trinajstić information content (AvgIpc) is 2.73. The van der Waals surface area contributed by atoms with Crippen LogP contribution < -0.4 is 5.32 Å². The molecular formula is C16H17Cl2N3O4. The molecule has 25 heavy (non-hydrogen) atoms. The Morgan fingerprint density at radius 2 is 1.72 bits per heavy atom. The molecule has 1 heterocycles. The summed E-state index contributed by atoms with van der Waals surface area (Å²) in [5, 5.41) is 3.40. The van der Waals surface area contributed by atoms with Crippen LogP contribution in [0.25, 0.3) is 0 Å². The Morgan fingerprint density at radius 1 is 1.08 bits per heavy atom. The molecule has 1 saturated heterocycles. The van der Waals surface area contributed by atoms with E-state index in [-0.39, 0.29) is 0 Å². The van der Waals surface area contributed by atoms with Crippen LogP contribution in [0.4, 0.5) is 4.79 Å². The molecule has 1 N–H and O–H groups in total. The van der Waals surface area contributed by atoms with Crippen LogP contribution in [0.15, 0.2) is 18.2 Å². The van der Waals surface area contributed by atoms with Crippen molar-refractivity contribution in [2.75, 3.05) is 6.54 Å². The van der Waals surface area contributed by atoms with Crippen molar-refractivity contribution in [1.82, 2.24) is 15.1 Å². The highest BCUT2D eigenvalue weighted by Crippen LogP contribution is 2.25. The maximum absolute atomic E-state index is 12.2. The Kier molecular flexibility index (Phi) is 5.69. The molecule has 0 radical (unpaired) electrons. The summed E-state index contributed by atoms with van der Waals surface area (Å²) < 4.78 is 0. The number of nitrogens with zero attached hydrogens (tertiary/aromatic N) is 2. The van der Waals surface area contributed by atoms with Crippen molar-refractivity contribution in [3.63, 3.8) is 0 Å². The van der Waals surface area contributed by atoms with Crippen molar-refractivity contribution >= 4 is 47.0 Å². The number of imide groups is 2. The van der Waals surface area contributed by atoms with Gasteiger partial charge in [0, 0.05) is 6.04 Å². The summed E-state index contributed by atoms with van der Waals surface area (Å²) in [6.07, 6.45) is 0. The van der Waals surface area contributed by atoms with Crippen molar-refractivity contribution in [3.8, 4) is 0 Å². The van der Waals surface area contributed by atoms with Gasteiger partial charge in [0.25, 0.3) is 0 Å². The molecule has 0 spiro atoms. The minimum Gasteiger partial charge on any atom is -0.348 e. The lowest BCUT2D eigenvalue weighted by Gasteiger charge is -2.19. The number of hydrogen-bond acceptors (Lipinski definition) is 4. The van der Waals surface area contributed by atoms with E-state index in [0.717, 1.165) is 4.90 Å². The topological polar surface area (TPSA) is 86.8 Å². The molecule has 7 nitrogen and oxygen atoms in total. The zero-order valence-electron chi connectivity index (χ0n) is 13.9. The second-order valence-corrected chi connectivity index (χ2v) is 6.72. The highest BCUT2D eigenvalue weighted by atomic mass is 35.5. The SMILES string of the molecule is CC(C)N1C(=O)C(=O)N(CC(=O)N[C@@H](C)c2ccc(Cl)c(Cl)c2)C1=O. The third-order valence-corrected chi connectivity index (χ3v) is 4.46. The molecule has 1 aliphatic rings. The highest BCUT2D eigenvalue weighted by Gasteiger charge is 2.46. The number of nitrogens with one attached hydrogen (secondary N) is 1. The van der Waals surface area contributed by atoms with Crippen molar-refractivity contribution in [1.29, 1.82) is 0 Å². The molecule has 1 fully saturated rings. The first-order valence-corrected chi connectivity index (χ1v) is 8.32. The van der Waals surface area contributed by atoms with E-state index < -0.39 is 42.4 Å². The molecule has 2 rings (SSSR count). The number of halogens is 2. The predicted octanol–water partition coefficient (Wildman–Crippen LogP) is 2.37. The zero-order chi connectivity index (χ0) is 18.9. The molecule has 5 amide bonds. The molecule has 0 aliphatic carbocycles. The maximum Gasteiger partial charge on any atom is 0.334 e. The second-order valence-electron chi connectivity index (χ2n) is 5.91. The van der Waals surface area contributed by atoms with Gasteiger partial charge in [0.2, 0.25) is 5.91 Å². The van der Waals surface area contributed by atoms with Gasteiger partial charge in [0.05, 0.1) is 16.1 Å². The normalized spacial score (nSPS) is 16.0. The van der Waals surface area contributed by atoms with Crippen molar-refractivity contribution in [2.24, 2.45) is 0 Å². The van der Waals surface area contributed by atoms with Crippen LogP contribution in [0, 0.1) is 0 Å². The number of urea groups is 1. The molecule has 134 valence electrons. The fraction of sp³-hybridized carbons (Fsp3) is 0.375. The van der Waals surface area contributed by atoms with Gasteiger partial charge in [0.15, 0.2) is 0 Å². The van der Waals surface area contributed by atoms with E-state index in [1.165, 1.54) is 0 Å². The lowest BCUT2D eigenvalue weighted by atomic mass is 10.1. The van der Waals surface area contributed by atoms with E-state index in [4.69, 9.17) is 23.2 Å². The van der Waals surface area contributed by atoms with Crippen LogP contribution in [-0.4, -0.2) is 46.1 Å². The highest BCUT2D eigenvalue weighted by molar-refractivity contribution is 6.45. The first-order valence-electron chi connectivity index (χ1n) is 7.56. The molecule has 0 bridgehead atoms. The van der Waals surface area contributed by atoms with Crippen LogP contribution >= 0.6 is 23.2 Å². The maximum atomic E-state index is 12.2. The largest absolute Gasteiger partial charge is 0.348 e. The summed E-state index contributed by atoms with van der Waals surface area (Å²) in [7, 11) is 0. The van der Waals surface area contributed by atoms with Gasteiger partial charge >= 0.3 is 17.8 Å². The lowest BCUT2D eigenvalue weighted by molar-refractivity contribution is -0.144. The fourth-order valence-corrected chi connectivity index (χ4v) is 2.72. The Balaban J connectivity index is 2.04. The molecular weight excluding hydrogens is 369 g/mol. The third-order valence-electron chi connectivity index (χ3n) is 3.72. The van der Waals surface area contributed by atoms with Crippen LogP contribution in [0.1, 0.15) is 32.4 Å². The van der Waals surface area contributed by atoms with E-state index >= 15 is 0 Å². The standard InChI is InChI=1S/C16H17Cl2N3O4/c1-8(2)21-15(24)14(23)20(16(21)25)7-13(22)19-9(3)10-4-5-11(17)12(18)6-10/h4-6,8-9H,7H2,1-3H3,(H,19,22)/t9-/m0/s1. The molecule has 0 saturated carbocycles. The first-order chi connectivity index (χ1) is 11.6. The minimum atomic E-state index is -1.00. The molecule has 1 aromatic rings. The Bertz CT molecular complexity index is 751. The number of benzene rings is 1. The predicted molar refractivity (Wildman–Crippen MR) is 92.1 cm³/mol. The van der Waals surface area contributed by atoms with E-state index in [1.54, 1.807) is 39.0 Å². The summed E-state index contributed by atoms with van der Waals surface area (Å²) in [6.45, 7) is 4.41. The van der Waals surface area contributed by atoms with Crippen molar-refractivity contribution in [3.05, 3.63) is 33.8 Å². The summed E-state index contributed by atoms with van der Waals surface area (Å²) in [5.74, 6) is -2.50. The number of hydrogen-bond donors (Lipinski definition) is 1. The Labute approximate surface area is 154 Å². The summed E-state index contributed by atoms with van der Waals surface area (Å²) >= 11 is 11.8. The fourth-order valence-electron chi connectivity index (χ4n) is 2.41. The molecule has 1 aromatic carbocycles. The van der Waals surface area contributed by atoms with E-state index in [1.807, 2.05) is 0 Å². The van der Waals surface area contributed by atoms with E-state index in [2.05, 4.69) is 5.32 Å². The summed E-state index contributed by atoms with van der Waals surface area (Å²) in [5.41, 5.74) is 0.710. The average molecular weight is 386 g/mol. The van der Waals surface area contributed by atoms with Crippen molar-refractivity contribution < 1.29 is 19.2 Å². The summed E-state index contributed by atoms with van der Waals surface area (Å²) in [4.78, 5) is 49.5. The molecule has 1 aliphatic heterocycles. The smallest absolute Gasteiger partial charge is 0.334 e. The number of carbonyl (C=O) groups is 4. The van der Waals surface area contributed by atoms with Crippen molar-refractivity contribution in [2.45, 2.75) is 32.9 Å². The van der Waals surface area contributed by atoms with E-state index in [9.17, 15) is 19.2 Å². The van der Waals surface area contributed by atoms with Gasteiger partial charge < -0.3 is 5.32 Å². The Hall–Kier alpha value is -2.12. The Morgan fingerprint density at radius 3 is 2.24 bits per heavy atom. The summed E-state index contributed by atoms with van der Waals surface area (Å²) in [6, 6.07) is 3.25. The molecule has 0 aromatic heterocycles. The lowest BCUT2D eigenvalue weighted by Crippen LogP contribution is -2.43. The molecule has 0 unspecified atom stereocenters. The monoisotopic (exact) mass is 385 g/mol. The van der Waals surface area contributed by atoms with E-state index in [0.29, 0.717) is 20.5 Å². The van der Waals surface area contributed by atoms with Gasteiger partial charge in [-0.05, 0) is 38.5 Å². The third kappa shape index (κ3) is 3.93. The van der Waals surface area contributed by atoms with Crippen LogP contribution in [0.5, 0.6) is 0 Å². The number of rotatable bonds is 5. The first kappa shape index (κ1) is 19.2.